The Bertz CT molecular complexity index is 1240. The van der Waals surface area contributed by atoms with Crippen LogP contribution in [0, 0.1) is 11.2 Å². The normalized spacial score (nSPS) is 14.2. The number of rotatable bonds is 7. The number of anilines is 2. The number of nitrogens with zero attached hydrogens (tertiary/aromatic N) is 2. The minimum Gasteiger partial charge on any atom is -0.481 e. The largest absolute Gasteiger partial charge is 0.481 e. The van der Waals surface area contributed by atoms with Gasteiger partial charge in [0.15, 0.2) is 0 Å². The second-order valence-electron chi connectivity index (χ2n) is 7.97. The summed E-state index contributed by atoms with van der Waals surface area (Å²) in [5, 5.41) is 13.6. The maximum Gasteiger partial charge on any atom is 0.418 e. The second kappa shape index (κ2) is 9.20. The maximum atomic E-state index is 13.2. The third-order valence-corrected chi connectivity index (χ3v) is 5.42. The van der Waals surface area contributed by atoms with Gasteiger partial charge in [0.05, 0.1) is 11.3 Å². The SMILES string of the molecule is O=C(Nc1ccc(-c2cnc(OCC3(C(=O)O)CC3)nc2)cc1)Nc1ccc(F)cc1C(F)(F)F. The molecule has 0 bridgehead atoms. The summed E-state index contributed by atoms with van der Waals surface area (Å²) in [5.74, 6) is -1.98. The number of urea groups is 1. The molecule has 0 spiro atoms. The number of carbonyl (C=O) groups is 2. The third-order valence-electron chi connectivity index (χ3n) is 5.42. The maximum absolute atomic E-state index is 13.2. The Hall–Kier alpha value is -4.22. The average molecular weight is 490 g/mol. The van der Waals surface area contributed by atoms with Crippen molar-refractivity contribution in [2.24, 2.45) is 5.41 Å². The smallest absolute Gasteiger partial charge is 0.418 e. The Morgan fingerprint density at radius 3 is 2.23 bits per heavy atom. The van der Waals surface area contributed by atoms with Crippen LogP contribution in [0.15, 0.2) is 54.9 Å². The first-order valence-corrected chi connectivity index (χ1v) is 10.3. The molecule has 1 heterocycles. The van der Waals surface area contributed by atoms with E-state index in [0.717, 1.165) is 12.1 Å². The molecule has 2 amide bonds. The van der Waals surface area contributed by atoms with Crippen LogP contribution in [-0.4, -0.2) is 33.7 Å². The zero-order chi connectivity index (χ0) is 25.2. The van der Waals surface area contributed by atoms with E-state index < -0.39 is 40.7 Å². The first-order chi connectivity index (χ1) is 16.6. The van der Waals surface area contributed by atoms with E-state index >= 15 is 0 Å². The molecule has 3 aromatic rings. The van der Waals surface area contributed by atoms with Crippen molar-refractivity contribution in [1.29, 1.82) is 0 Å². The second-order valence-corrected chi connectivity index (χ2v) is 7.97. The van der Waals surface area contributed by atoms with Gasteiger partial charge in [0.1, 0.15) is 17.8 Å². The molecule has 12 heteroatoms. The van der Waals surface area contributed by atoms with Crippen molar-refractivity contribution in [2.45, 2.75) is 19.0 Å². The van der Waals surface area contributed by atoms with Crippen LogP contribution < -0.4 is 15.4 Å². The molecule has 2 aromatic carbocycles. The fourth-order valence-electron chi connectivity index (χ4n) is 3.20. The van der Waals surface area contributed by atoms with Gasteiger partial charge in [-0.2, -0.15) is 13.2 Å². The van der Waals surface area contributed by atoms with Gasteiger partial charge >= 0.3 is 24.2 Å². The molecule has 1 saturated carbocycles. The lowest BCUT2D eigenvalue weighted by Crippen LogP contribution is -2.23. The van der Waals surface area contributed by atoms with Gasteiger partial charge in [-0.1, -0.05) is 12.1 Å². The van der Waals surface area contributed by atoms with E-state index in [1.54, 1.807) is 12.1 Å². The van der Waals surface area contributed by atoms with Gasteiger partial charge in [-0.05, 0) is 48.7 Å². The predicted octanol–water partition coefficient (Wildman–Crippen LogP) is 5.19. The van der Waals surface area contributed by atoms with Crippen molar-refractivity contribution in [3.63, 3.8) is 0 Å². The first kappa shape index (κ1) is 23.9. The van der Waals surface area contributed by atoms with Gasteiger partial charge in [-0.15, -0.1) is 0 Å². The minimum absolute atomic E-state index is 0.00744. The third kappa shape index (κ3) is 5.65. The molecule has 1 aliphatic carbocycles. The fraction of sp³-hybridized carbons (Fsp3) is 0.217. The number of nitrogens with one attached hydrogen (secondary N) is 2. The van der Waals surface area contributed by atoms with Gasteiger partial charge < -0.3 is 20.5 Å². The van der Waals surface area contributed by atoms with E-state index in [1.807, 2.05) is 0 Å². The quantitative estimate of drug-likeness (QED) is 0.393. The van der Waals surface area contributed by atoms with Crippen molar-refractivity contribution < 1.29 is 37.0 Å². The molecule has 0 aliphatic heterocycles. The number of halogens is 4. The number of carboxylic acids is 1. The number of amides is 2. The summed E-state index contributed by atoms with van der Waals surface area (Å²) in [6, 6.07) is 7.39. The topological polar surface area (TPSA) is 113 Å². The highest BCUT2D eigenvalue weighted by molar-refractivity contribution is 6.00. The highest BCUT2D eigenvalue weighted by atomic mass is 19.4. The lowest BCUT2D eigenvalue weighted by atomic mass is 10.1. The van der Waals surface area contributed by atoms with Crippen LogP contribution >= 0.6 is 0 Å². The molecule has 0 unspecified atom stereocenters. The van der Waals surface area contributed by atoms with E-state index in [4.69, 9.17) is 9.84 Å². The van der Waals surface area contributed by atoms with E-state index in [-0.39, 0.29) is 12.6 Å². The van der Waals surface area contributed by atoms with Crippen molar-refractivity contribution in [2.75, 3.05) is 17.2 Å². The monoisotopic (exact) mass is 490 g/mol. The zero-order valence-electron chi connectivity index (χ0n) is 17.9. The summed E-state index contributed by atoms with van der Waals surface area (Å²) in [7, 11) is 0. The standard InChI is InChI=1S/C23H18F4N4O4/c24-15-3-6-18(17(9-15)23(25,26)27)31-20(34)30-16-4-1-13(2-5-16)14-10-28-21(29-11-14)35-12-22(7-8-22)19(32)33/h1-6,9-11H,7-8,12H2,(H,32,33)(H2,30,31,34). The number of hydrogen-bond donors (Lipinski definition) is 3. The zero-order valence-corrected chi connectivity index (χ0v) is 17.9. The molecule has 0 radical (unpaired) electrons. The number of hydrogen-bond acceptors (Lipinski definition) is 5. The van der Waals surface area contributed by atoms with Crippen LogP contribution in [0.25, 0.3) is 11.1 Å². The van der Waals surface area contributed by atoms with Gasteiger partial charge in [-0.3, -0.25) is 4.79 Å². The molecular weight excluding hydrogens is 472 g/mol. The number of aromatic nitrogens is 2. The van der Waals surface area contributed by atoms with Crippen LogP contribution in [0.2, 0.25) is 0 Å². The van der Waals surface area contributed by atoms with Crippen LogP contribution in [0.4, 0.5) is 33.7 Å². The molecule has 1 aliphatic rings. The van der Waals surface area contributed by atoms with Crippen LogP contribution in [0.3, 0.4) is 0 Å². The number of benzene rings is 2. The molecule has 0 atom stereocenters. The van der Waals surface area contributed by atoms with Gasteiger partial charge in [0, 0.05) is 23.6 Å². The summed E-state index contributed by atoms with van der Waals surface area (Å²) in [6.45, 7) is -0.00744. The highest BCUT2D eigenvalue weighted by Crippen LogP contribution is 2.46. The highest BCUT2D eigenvalue weighted by Gasteiger charge is 2.51. The molecule has 1 aromatic heterocycles. The van der Waals surface area contributed by atoms with Crippen LogP contribution in [-0.2, 0) is 11.0 Å². The number of carbonyl (C=O) groups excluding carboxylic acids is 1. The Balaban J connectivity index is 1.36. The summed E-state index contributed by atoms with van der Waals surface area (Å²) in [4.78, 5) is 31.5. The summed E-state index contributed by atoms with van der Waals surface area (Å²) >= 11 is 0. The van der Waals surface area contributed by atoms with Crippen molar-refractivity contribution in [1.82, 2.24) is 9.97 Å². The Morgan fingerprint density at radius 1 is 1.00 bits per heavy atom. The molecular formula is C23H18F4N4O4. The predicted molar refractivity (Wildman–Crippen MR) is 116 cm³/mol. The lowest BCUT2D eigenvalue weighted by molar-refractivity contribution is -0.144. The fourth-order valence-corrected chi connectivity index (χ4v) is 3.20. The van der Waals surface area contributed by atoms with Crippen molar-refractivity contribution in [3.05, 3.63) is 66.2 Å². The minimum atomic E-state index is -4.84. The summed E-state index contributed by atoms with van der Waals surface area (Å²) in [6.07, 6.45) is -0.765. The molecule has 1 fully saturated rings. The van der Waals surface area contributed by atoms with E-state index in [2.05, 4.69) is 20.6 Å². The summed E-state index contributed by atoms with van der Waals surface area (Å²) < 4.78 is 57.9. The molecule has 35 heavy (non-hydrogen) atoms. The Morgan fingerprint density at radius 2 is 1.66 bits per heavy atom. The molecule has 3 N–H and O–H groups in total. The van der Waals surface area contributed by atoms with Crippen molar-refractivity contribution in [3.8, 4) is 17.1 Å². The van der Waals surface area contributed by atoms with Gasteiger partial charge in [0.2, 0.25) is 0 Å². The van der Waals surface area contributed by atoms with E-state index in [9.17, 15) is 27.2 Å². The molecule has 8 nitrogen and oxygen atoms in total. The first-order valence-electron chi connectivity index (χ1n) is 10.3. The average Bonchev–Trinajstić information content (AvgIpc) is 3.61. The van der Waals surface area contributed by atoms with E-state index in [0.29, 0.717) is 35.7 Å². The Labute approximate surface area is 196 Å². The van der Waals surface area contributed by atoms with E-state index in [1.165, 1.54) is 24.5 Å². The molecule has 0 saturated heterocycles. The lowest BCUT2D eigenvalue weighted by Gasteiger charge is -2.14. The number of carboxylic acid groups (broad SMARTS) is 1. The van der Waals surface area contributed by atoms with Gasteiger partial charge in [-0.25, -0.2) is 19.2 Å². The summed E-state index contributed by atoms with van der Waals surface area (Å²) in [5.41, 5.74) is -1.14. The number of ether oxygens (including phenoxy) is 1. The van der Waals surface area contributed by atoms with Crippen LogP contribution in [0.1, 0.15) is 18.4 Å². The van der Waals surface area contributed by atoms with Gasteiger partial charge in [0.25, 0.3) is 0 Å². The molecule has 182 valence electrons. The van der Waals surface area contributed by atoms with Crippen LogP contribution in [0.5, 0.6) is 6.01 Å². The Kier molecular flexibility index (Phi) is 6.29. The number of aliphatic carboxylic acids is 1. The molecule has 4 rings (SSSR count). The number of alkyl halides is 3. The van der Waals surface area contributed by atoms with Crippen molar-refractivity contribution >= 4 is 23.4 Å².